The lowest BCUT2D eigenvalue weighted by molar-refractivity contribution is -0.142. The van der Waals surface area contributed by atoms with Crippen molar-refractivity contribution >= 4 is 11.6 Å². The number of nitrogens with two attached hydrogens (primary N) is 1. The van der Waals surface area contributed by atoms with Crippen molar-refractivity contribution in [3.8, 4) is 0 Å². The summed E-state index contributed by atoms with van der Waals surface area (Å²) in [6.45, 7) is 8.18. The highest BCUT2D eigenvalue weighted by Gasteiger charge is 2.41. The molecule has 138 valence electrons. The molecule has 4 nitrogen and oxygen atoms in total. The Morgan fingerprint density at radius 3 is 2.20 bits per heavy atom. The molecule has 3 N–H and O–H groups in total. The van der Waals surface area contributed by atoms with E-state index in [1.54, 1.807) is 13.8 Å². The van der Waals surface area contributed by atoms with Crippen LogP contribution in [0.3, 0.4) is 0 Å². The number of amides is 1. The van der Waals surface area contributed by atoms with Crippen LogP contribution in [0.15, 0.2) is 29.8 Å². The van der Waals surface area contributed by atoms with Gasteiger partial charge in [0.25, 0.3) is 5.91 Å². The first-order valence-electron chi connectivity index (χ1n) is 8.18. The molecule has 0 atom stereocenters. The van der Waals surface area contributed by atoms with E-state index in [1.807, 2.05) is 13.8 Å². The number of carbonyl (C=O) groups excluding carboxylic acids is 1. The molecule has 0 saturated heterocycles. The van der Waals surface area contributed by atoms with Crippen LogP contribution in [0, 0.1) is 11.3 Å². The van der Waals surface area contributed by atoms with Crippen LogP contribution < -0.4 is 11.2 Å². The third-order valence-electron chi connectivity index (χ3n) is 4.34. The maximum absolute atomic E-state index is 12.8. The van der Waals surface area contributed by atoms with Crippen molar-refractivity contribution in [1.82, 2.24) is 10.4 Å². The standard InChI is InChI=1S/C18H24F3N3O/c1-11(2)10-24-16(25)17(3,4)14(9-22)15(23-24)12-5-7-13(8-6-12)18(19,20)21/h5-8,11,23H,9-10,22H2,1-4H3. The Morgan fingerprint density at radius 1 is 1.20 bits per heavy atom. The van der Waals surface area contributed by atoms with Crippen LogP contribution >= 0.6 is 0 Å². The molecule has 0 fully saturated rings. The van der Waals surface area contributed by atoms with Crippen molar-refractivity contribution in [2.24, 2.45) is 17.1 Å². The minimum Gasteiger partial charge on any atom is -0.327 e. The van der Waals surface area contributed by atoms with Crippen molar-refractivity contribution < 1.29 is 18.0 Å². The summed E-state index contributed by atoms with van der Waals surface area (Å²) in [6.07, 6.45) is -4.39. The summed E-state index contributed by atoms with van der Waals surface area (Å²) in [5.41, 5.74) is 9.24. The molecular weight excluding hydrogens is 331 g/mol. The molecule has 1 aliphatic heterocycles. The van der Waals surface area contributed by atoms with Crippen molar-refractivity contribution in [3.05, 3.63) is 41.0 Å². The summed E-state index contributed by atoms with van der Waals surface area (Å²) in [5.74, 6) is 0.137. The smallest absolute Gasteiger partial charge is 0.327 e. The first-order valence-corrected chi connectivity index (χ1v) is 8.18. The number of carbonyl (C=O) groups is 1. The van der Waals surface area contributed by atoms with E-state index in [4.69, 9.17) is 5.73 Å². The fourth-order valence-corrected chi connectivity index (χ4v) is 2.95. The van der Waals surface area contributed by atoms with Gasteiger partial charge in [0.05, 0.1) is 16.7 Å². The molecule has 0 spiro atoms. The zero-order valence-electron chi connectivity index (χ0n) is 14.9. The molecule has 0 aromatic heterocycles. The molecule has 0 radical (unpaired) electrons. The molecule has 1 aliphatic rings. The molecule has 0 bridgehead atoms. The van der Waals surface area contributed by atoms with Crippen LogP contribution in [0.2, 0.25) is 0 Å². The molecule has 2 rings (SSSR count). The number of nitrogens with one attached hydrogen (secondary N) is 1. The van der Waals surface area contributed by atoms with Crippen LogP contribution in [0.1, 0.15) is 38.8 Å². The van der Waals surface area contributed by atoms with E-state index in [9.17, 15) is 18.0 Å². The number of alkyl halides is 3. The van der Waals surface area contributed by atoms with Crippen LogP contribution in [-0.4, -0.2) is 24.0 Å². The van der Waals surface area contributed by atoms with Gasteiger partial charge in [0.2, 0.25) is 0 Å². The Kier molecular flexibility index (Phi) is 5.18. The highest BCUT2D eigenvalue weighted by atomic mass is 19.4. The average molecular weight is 355 g/mol. The van der Waals surface area contributed by atoms with E-state index >= 15 is 0 Å². The van der Waals surface area contributed by atoms with Crippen molar-refractivity contribution in [2.75, 3.05) is 13.1 Å². The Labute approximate surface area is 145 Å². The minimum atomic E-state index is -4.39. The number of hydrogen-bond acceptors (Lipinski definition) is 3. The fraction of sp³-hybridized carbons (Fsp3) is 0.500. The molecule has 0 saturated carbocycles. The number of benzene rings is 1. The van der Waals surface area contributed by atoms with Crippen LogP contribution in [0.5, 0.6) is 0 Å². The first kappa shape index (κ1) is 19.3. The number of hydrazine groups is 1. The second-order valence-corrected chi connectivity index (χ2v) is 7.18. The number of halogens is 3. The number of rotatable bonds is 4. The molecular formula is C18H24F3N3O. The van der Waals surface area contributed by atoms with Crippen LogP contribution in [0.25, 0.3) is 5.70 Å². The van der Waals surface area contributed by atoms with Crippen LogP contribution in [-0.2, 0) is 11.0 Å². The molecule has 25 heavy (non-hydrogen) atoms. The zero-order valence-corrected chi connectivity index (χ0v) is 14.9. The molecule has 1 amide bonds. The first-order chi connectivity index (χ1) is 11.5. The van der Waals surface area contributed by atoms with Gasteiger partial charge in [-0.05, 0) is 43.0 Å². The Balaban J connectivity index is 2.49. The third kappa shape index (κ3) is 3.81. The highest BCUT2D eigenvalue weighted by molar-refractivity contribution is 5.91. The molecule has 0 unspecified atom stereocenters. The number of nitrogens with zero attached hydrogens (tertiary/aromatic N) is 1. The van der Waals surface area contributed by atoms with Gasteiger partial charge in [-0.15, -0.1) is 0 Å². The van der Waals surface area contributed by atoms with Crippen LogP contribution in [0.4, 0.5) is 13.2 Å². The SMILES string of the molecule is CC(C)CN1NC(c2ccc(C(F)(F)F)cc2)=C(CN)C(C)(C)C1=O. The Morgan fingerprint density at radius 2 is 1.76 bits per heavy atom. The summed E-state index contributed by atoms with van der Waals surface area (Å²) in [6, 6.07) is 4.88. The lowest BCUT2D eigenvalue weighted by Crippen LogP contribution is -2.55. The second kappa shape index (κ2) is 6.71. The maximum Gasteiger partial charge on any atom is 0.416 e. The van der Waals surface area contributed by atoms with Crippen molar-refractivity contribution in [2.45, 2.75) is 33.9 Å². The third-order valence-corrected chi connectivity index (χ3v) is 4.34. The average Bonchev–Trinajstić information content (AvgIpc) is 2.50. The lowest BCUT2D eigenvalue weighted by Gasteiger charge is -2.42. The largest absolute Gasteiger partial charge is 0.416 e. The molecule has 1 heterocycles. The van der Waals surface area contributed by atoms with Gasteiger partial charge in [0, 0.05) is 13.1 Å². The van der Waals surface area contributed by atoms with Crippen molar-refractivity contribution in [3.63, 3.8) is 0 Å². The predicted molar refractivity (Wildman–Crippen MR) is 90.9 cm³/mol. The summed E-state index contributed by atoms with van der Waals surface area (Å²) in [7, 11) is 0. The summed E-state index contributed by atoms with van der Waals surface area (Å²) in [5, 5.41) is 1.52. The summed E-state index contributed by atoms with van der Waals surface area (Å²) >= 11 is 0. The van der Waals surface area contributed by atoms with E-state index < -0.39 is 17.2 Å². The van der Waals surface area contributed by atoms with Gasteiger partial charge < -0.3 is 5.73 Å². The fourth-order valence-electron chi connectivity index (χ4n) is 2.95. The second-order valence-electron chi connectivity index (χ2n) is 7.18. The van der Waals surface area contributed by atoms with Gasteiger partial charge in [-0.25, -0.2) is 0 Å². The monoisotopic (exact) mass is 355 g/mol. The van der Waals surface area contributed by atoms with Gasteiger partial charge in [-0.3, -0.25) is 15.2 Å². The van der Waals surface area contributed by atoms with Gasteiger partial charge in [0.1, 0.15) is 0 Å². The van der Waals surface area contributed by atoms with Gasteiger partial charge >= 0.3 is 6.18 Å². The van der Waals surface area contributed by atoms with E-state index in [-0.39, 0.29) is 18.4 Å². The normalized spacial score (nSPS) is 18.0. The maximum atomic E-state index is 12.8. The van der Waals surface area contributed by atoms with Gasteiger partial charge in [0.15, 0.2) is 0 Å². The van der Waals surface area contributed by atoms with E-state index in [2.05, 4.69) is 5.43 Å². The number of hydrogen-bond donors (Lipinski definition) is 2. The minimum absolute atomic E-state index is 0.0997. The van der Waals surface area contributed by atoms with Gasteiger partial charge in [-0.1, -0.05) is 26.0 Å². The molecule has 1 aromatic rings. The molecule has 0 aliphatic carbocycles. The predicted octanol–water partition coefficient (Wildman–Crippen LogP) is 3.40. The highest BCUT2D eigenvalue weighted by Crippen LogP contribution is 2.37. The van der Waals surface area contributed by atoms with Crippen molar-refractivity contribution in [1.29, 1.82) is 0 Å². The van der Waals surface area contributed by atoms with Gasteiger partial charge in [-0.2, -0.15) is 13.2 Å². The molecule has 1 aromatic carbocycles. The summed E-state index contributed by atoms with van der Waals surface area (Å²) < 4.78 is 38.4. The van der Waals surface area contributed by atoms with E-state index in [1.165, 1.54) is 17.1 Å². The van der Waals surface area contributed by atoms with E-state index in [0.717, 1.165) is 12.1 Å². The zero-order chi connectivity index (χ0) is 19.0. The molecule has 7 heteroatoms. The quantitative estimate of drug-likeness (QED) is 0.870. The lowest BCUT2D eigenvalue weighted by atomic mass is 9.79. The Bertz CT molecular complexity index is 676. The topological polar surface area (TPSA) is 58.4 Å². The Hall–Kier alpha value is -2.02. The summed E-state index contributed by atoms with van der Waals surface area (Å²) in [4.78, 5) is 12.7. The van der Waals surface area contributed by atoms with E-state index in [0.29, 0.717) is 23.4 Å².